The highest BCUT2D eigenvalue weighted by molar-refractivity contribution is 5.95. The third-order valence-electron chi connectivity index (χ3n) is 8.18. The van der Waals surface area contributed by atoms with Crippen molar-refractivity contribution in [3.63, 3.8) is 0 Å². The first-order valence-electron chi connectivity index (χ1n) is 14.1. The summed E-state index contributed by atoms with van der Waals surface area (Å²) in [4.78, 5) is 22.6. The second-order valence-electron chi connectivity index (χ2n) is 10.2. The van der Waals surface area contributed by atoms with Crippen LogP contribution in [-0.4, -0.2) is 43.7 Å². The number of ether oxygens (including phenoxy) is 2. The van der Waals surface area contributed by atoms with Crippen LogP contribution in [0.1, 0.15) is 80.1 Å². The van der Waals surface area contributed by atoms with Gasteiger partial charge in [-0.05, 0) is 70.0 Å². The molecule has 2 aliphatic rings. The maximum absolute atomic E-state index is 13.2. The Morgan fingerprint density at radius 2 is 1.68 bits per heavy atom. The van der Waals surface area contributed by atoms with Crippen LogP contribution < -0.4 is 14.5 Å². The first-order valence-corrected chi connectivity index (χ1v) is 14.1. The average Bonchev–Trinajstić information content (AvgIpc) is 3.27. The largest absolute Gasteiger partial charge is 0.493 e. The lowest BCUT2D eigenvalue weighted by atomic mass is 9.82. The molecule has 200 valence electrons. The normalized spacial score (nSPS) is 19.1. The van der Waals surface area contributed by atoms with Crippen LogP contribution in [-0.2, 0) is 10.3 Å². The summed E-state index contributed by atoms with van der Waals surface area (Å²) in [6, 6.07) is 18.8. The molecule has 1 fully saturated rings. The summed E-state index contributed by atoms with van der Waals surface area (Å²) in [6.07, 6.45) is 8.10. The molecule has 2 aromatic carbocycles. The Morgan fingerprint density at radius 3 is 2.37 bits per heavy atom. The minimum atomic E-state index is -1.19. The van der Waals surface area contributed by atoms with Gasteiger partial charge in [0.2, 0.25) is 5.60 Å². The highest BCUT2D eigenvalue weighted by Gasteiger charge is 2.51. The van der Waals surface area contributed by atoms with E-state index in [0.29, 0.717) is 29.7 Å². The Hall–Kier alpha value is -3.54. The third kappa shape index (κ3) is 4.50. The minimum absolute atomic E-state index is 0.369. The fourth-order valence-electron chi connectivity index (χ4n) is 6.10. The van der Waals surface area contributed by atoms with E-state index >= 15 is 0 Å². The predicted molar refractivity (Wildman–Crippen MR) is 152 cm³/mol. The summed E-state index contributed by atoms with van der Waals surface area (Å²) < 4.78 is 12.6. The molecule has 6 nitrogen and oxygen atoms in total. The number of carbonyl (C=O) groups excluding carboxylic acids is 1. The van der Waals surface area contributed by atoms with Crippen LogP contribution in [0.15, 0.2) is 60.8 Å². The van der Waals surface area contributed by atoms with E-state index in [-0.39, 0.29) is 5.97 Å². The topological polar surface area (TPSA) is 54.9 Å². The number of aromatic nitrogens is 1. The van der Waals surface area contributed by atoms with Gasteiger partial charge in [0.1, 0.15) is 11.4 Å². The summed E-state index contributed by atoms with van der Waals surface area (Å²) in [7, 11) is 2.19. The zero-order valence-corrected chi connectivity index (χ0v) is 23.1. The molecular formula is C32H39N3O3. The molecular weight excluding hydrogens is 474 g/mol. The van der Waals surface area contributed by atoms with Crippen molar-refractivity contribution in [2.45, 2.75) is 64.5 Å². The highest BCUT2D eigenvalue weighted by Crippen LogP contribution is 2.50. The third-order valence-corrected chi connectivity index (χ3v) is 8.18. The van der Waals surface area contributed by atoms with Crippen LogP contribution >= 0.6 is 0 Å². The Balaban J connectivity index is 1.64. The zero-order valence-electron chi connectivity index (χ0n) is 23.1. The van der Waals surface area contributed by atoms with Crippen LogP contribution in [0, 0.1) is 0 Å². The molecule has 1 aliphatic carbocycles. The van der Waals surface area contributed by atoms with Gasteiger partial charge in [-0.25, -0.2) is 4.79 Å². The summed E-state index contributed by atoms with van der Waals surface area (Å²) in [6.45, 7) is 8.54. The minimum Gasteiger partial charge on any atom is -0.493 e. The number of hydrogen-bond donors (Lipinski definition) is 0. The molecule has 1 aromatic heterocycles. The van der Waals surface area contributed by atoms with E-state index in [2.05, 4.69) is 67.1 Å². The molecule has 1 saturated carbocycles. The molecule has 6 heteroatoms. The fraction of sp³-hybridized carbons (Fsp3) is 0.438. The van der Waals surface area contributed by atoms with Gasteiger partial charge in [0, 0.05) is 60.9 Å². The number of pyridine rings is 1. The van der Waals surface area contributed by atoms with Crippen molar-refractivity contribution < 1.29 is 14.3 Å². The average molecular weight is 514 g/mol. The van der Waals surface area contributed by atoms with Crippen molar-refractivity contribution in [3.05, 3.63) is 83.2 Å². The molecule has 5 rings (SSSR count). The van der Waals surface area contributed by atoms with Gasteiger partial charge in [0.25, 0.3) is 0 Å². The number of esters is 1. The number of nitrogens with zero attached hydrogens (tertiary/aromatic N) is 3. The maximum Gasteiger partial charge on any atom is 0.341 e. The van der Waals surface area contributed by atoms with Gasteiger partial charge in [0.15, 0.2) is 0 Å². The lowest BCUT2D eigenvalue weighted by molar-refractivity contribution is 0.0235. The molecule has 0 saturated heterocycles. The van der Waals surface area contributed by atoms with Crippen molar-refractivity contribution in [3.8, 4) is 5.75 Å². The molecule has 38 heavy (non-hydrogen) atoms. The number of benzene rings is 2. The number of carbonyl (C=O) groups is 1. The number of rotatable bonds is 9. The molecule has 0 spiro atoms. The maximum atomic E-state index is 13.2. The standard InChI is InChI=1S/C32H39N3O3/c1-5-35(6-2)26-19-20-28(29(22-26)37-7-3)32(30-27(31(36)38-32)14-11-21-33-30)23-15-17-25(18-16-23)34(4)24-12-9-8-10-13-24/h11,14-22,24H,5-10,12-13H2,1-4H3. The van der Waals surface area contributed by atoms with E-state index < -0.39 is 5.60 Å². The summed E-state index contributed by atoms with van der Waals surface area (Å²) in [5.41, 5.74) is 3.80. The van der Waals surface area contributed by atoms with Gasteiger partial charge in [-0.3, -0.25) is 4.98 Å². The van der Waals surface area contributed by atoms with E-state index in [0.717, 1.165) is 29.9 Å². The zero-order chi connectivity index (χ0) is 26.7. The van der Waals surface area contributed by atoms with E-state index in [1.54, 1.807) is 18.3 Å². The summed E-state index contributed by atoms with van der Waals surface area (Å²) in [5, 5.41) is 0. The predicted octanol–water partition coefficient (Wildman–Crippen LogP) is 6.56. The Morgan fingerprint density at radius 1 is 0.974 bits per heavy atom. The molecule has 0 amide bonds. The van der Waals surface area contributed by atoms with Gasteiger partial charge in [0.05, 0.1) is 12.2 Å². The SMILES string of the molecule is CCOc1cc(N(CC)CC)ccc1C1(c2ccc(N(C)C3CCCCC3)cc2)OC(=O)c2cccnc21. The van der Waals surface area contributed by atoms with Crippen LogP contribution in [0.4, 0.5) is 11.4 Å². The Kier molecular flexibility index (Phi) is 7.59. The summed E-state index contributed by atoms with van der Waals surface area (Å²) >= 11 is 0. The van der Waals surface area contributed by atoms with Gasteiger partial charge in [-0.15, -0.1) is 0 Å². The lowest BCUT2D eigenvalue weighted by Gasteiger charge is -2.34. The molecule has 2 heterocycles. The summed E-state index contributed by atoms with van der Waals surface area (Å²) in [5.74, 6) is 0.332. The molecule has 1 unspecified atom stereocenters. The van der Waals surface area contributed by atoms with Gasteiger partial charge in [-0.2, -0.15) is 0 Å². The van der Waals surface area contributed by atoms with Gasteiger partial charge < -0.3 is 19.3 Å². The van der Waals surface area contributed by atoms with Crippen molar-refractivity contribution in [1.82, 2.24) is 4.98 Å². The molecule has 3 aromatic rings. The first kappa shape index (κ1) is 26.1. The quantitative estimate of drug-likeness (QED) is 0.302. The number of cyclic esters (lactones) is 1. The van der Waals surface area contributed by atoms with Crippen LogP contribution in [0.2, 0.25) is 0 Å². The number of hydrogen-bond acceptors (Lipinski definition) is 6. The Labute approximate surface area is 226 Å². The second-order valence-corrected chi connectivity index (χ2v) is 10.2. The highest BCUT2D eigenvalue weighted by atomic mass is 16.6. The fourth-order valence-corrected chi connectivity index (χ4v) is 6.10. The van der Waals surface area contributed by atoms with Crippen molar-refractivity contribution >= 4 is 17.3 Å². The monoisotopic (exact) mass is 513 g/mol. The van der Waals surface area contributed by atoms with E-state index in [4.69, 9.17) is 14.5 Å². The molecule has 0 radical (unpaired) electrons. The molecule has 0 bridgehead atoms. The second kappa shape index (κ2) is 11.1. The van der Waals surface area contributed by atoms with Gasteiger partial charge in [-0.1, -0.05) is 31.4 Å². The smallest absolute Gasteiger partial charge is 0.341 e. The van der Waals surface area contributed by atoms with Crippen LogP contribution in [0.25, 0.3) is 0 Å². The number of anilines is 2. The molecule has 1 aliphatic heterocycles. The van der Waals surface area contributed by atoms with Crippen molar-refractivity contribution in [2.24, 2.45) is 0 Å². The van der Waals surface area contributed by atoms with Gasteiger partial charge >= 0.3 is 5.97 Å². The molecule has 0 N–H and O–H groups in total. The number of fused-ring (bicyclic) bond motifs is 1. The first-order chi connectivity index (χ1) is 18.5. The van der Waals surface area contributed by atoms with Crippen LogP contribution in [0.3, 0.4) is 0 Å². The van der Waals surface area contributed by atoms with E-state index in [1.807, 2.05) is 13.0 Å². The Bertz CT molecular complexity index is 1270. The van der Waals surface area contributed by atoms with E-state index in [1.165, 1.54) is 37.8 Å². The molecule has 1 atom stereocenters. The lowest BCUT2D eigenvalue weighted by Crippen LogP contribution is -2.34. The van der Waals surface area contributed by atoms with Crippen molar-refractivity contribution in [2.75, 3.05) is 36.5 Å². The van der Waals surface area contributed by atoms with Crippen LogP contribution in [0.5, 0.6) is 5.75 Å². The van der Waals surface area contributed by atoms with Crippen molar-refractivity contribution in [1.29, 1.82) is 0 Å². The van der Waals surface area contributed by atoms with E-state index in [9.17, 15) is 4.79 Å².